The van der Waals surface area contributed by atoms with Crippen molar-refractivity contribution in [1.82, 2.24) is 54.2 Å². The molecule has 470 valence electrons. The maximum absolute atomic E-state index is 12.0. The number of fused-ring (bicyclic) bond motifs is 5. The van der Waals surface area contributed by atoms with Gasteiger partial charge in [-0.1, -0.05) is 107 Å². The Morgan fingerprint density at radius 1 is 0.644 bits per heavy atom. The van der Waals surface area contributed by atoms with Crippen LogP contribution < -0.4 is 5.32 Å². The summed E-state index contributed by atoms with van der Waals surface area (Å²) in [4.78, 5) is 56.8. The van der Waals surface area contributed by atoms with Crippen molar-refractivity contribution in [3.05, 3.63) is 150 Å². The molecule has 1 aliphatic rings. The molecule has 10 aromatic rings. The number of aliphatic hydroxyl groups is 2. The van der Waals surface area contributed by atoms with E-state index in [-0.39, 0.29) is 26.4 Å². The number of rotatable bonds is 11. The number of alkyl halides is 1. The number of carbonyl (C=O) groups is 5. The molecule has 1 saturated heterocycles. The fourth-order valence-electron chi connectivity index (χ4n) is 8.76. The van der Waals surface area contributed by atoms with Crippen molar-refractivity contribution < 1.29 is 70.7 Å². The van der Waals surface area contributed by atoms with E-state index in [1.54, 1.807) is 71.5 Å². The van der Waals surface area contributed by atoms with Crippen LogP contribution in [0.15, 0.2) is 121 Å². The Labute approximate surface area is 522 Å². The number of amides is 2. The van der Waals surface area contributed by atoms with E-state index in [2.05, 4.69) is 46.7 Å². The predicted octanol–water partition coefficient (Wildman–Crippen LogP) is 5.94. The van der Waals surface area contributed by atoms with Gasteiger partial charge in [0.15, 0.2) is 30.7 Å². The van der Waals surface area contributed by atoms with E-state index in [4.69, 9.17) is 52.3 Å². The van der Waals surface area contributed by atoms with E-state index in [1.165, 1.54) is 0 Å². The van der Waals surface area contributed by atoms with Crippen LogP contribution in [0.2, 0.25) is 0 Å². The topological polar surface area (TPSA) is 410 Å². The second-order valence-corrected chi connectivity index (χ2v) is 19.8. The highest BCUT2D eigenvalue weighted by molar-refractivity contribution is 9.09. The Hall–Kier alpha value is -10.1. The molecule has 90 heavy (non-hydrogen) atoms. The summed E-state index contributed by atoms with van der Waals surface area (Å²) in [6, 6.07) is 43.1. The SMILES string of the molecule is CCOC(=O)C(O)c1nn(C)c2ccccc12.CCOC(=O)C(OCC#N)c1nn(C)c2ccccc12.Cn1nc(C(O)C#N)c2ccccc21.Cn1nc(C2OCC(=O)NC2=O)c2ccccc21.Cn1nc(C=O)c2ccccc21.N#CCBr.O=S(=O)(O)O. The first-order valence-corrected chi connectivity index (χ1v) is 29.2. The van der Waals surface area contributed by atoms with Crippen LogP contribution in [0.4, 0.5) is 0 Å². The van der Waals surface area contributed by atoms with Gasteiger partial charge in [0, 0.05) is 62.2 Å². The van der Waals surface area contributed by atoms with Crippen LogP contribution in [-0.4, -0.2) is 138 Å². The molecule has 1 fully saturated rings. The Morgan fingerprint density at radius 3 is 1.49 bits per heavy atom. The maximum atomic E-state index is 12.0. The quantitative estimate of drug-likeness (QED) is 0.0249. The number of hydrogen-bond acceptors (Lipinski definition) is 21. The van der Waals surface area contributed by atoms with Crippen molar-refractivity contribution in [3.8, 4) is 18.2 Å². The smallest absolute Gasteiger partial charge is 0.394 e. The summed E-state index contributed by atoms with van der Waals surface area (Å²) >= 11 is 2.89. The molecular formula is C59H61BrN14O15S. The van der Waals surface area contributed by atoms with Gasteiger partial charge in [-0.15, -0.1) is 0 Å². The van der Waals surface area contributed by atoms with Crippen molar-refractivity contribution in [3.63, 3.8) is 0 Å². The first-order valence-electron chi connectivity index (χ1n) is 26.7. The average Bonchev–Trinajstić information content (AvgIpc) is 1.88. The molecule has 0 bridgehead atoms. The number of aliphatic hydroxyl groups excluding tert-OH is 2. The molecule has 4 unspecified atom stereocenters. The zero-order valence-electron chi connectivity index (χ0n) is 49.3. The highest BCUT2D eigenvalue weighted by Crippen LogP contribution is 2.29. The first-order chi connectivity index (χ1) is 43.0. The van der Waals surface area contributed by atoms with Crippen molar-refractivity contribution in [2.75, 3.05) is 31.8 Å². The van der Waals surface area contributed by atoms with Gasteiger partial charge in [0.1, 0.15) is 47.8 Å². The minimum absolute atomic E-state index is 0.124. The average molecular weight is 1320 g/mol. The number of carbonyl (C=O) groups excluding carboxylic acids is 5. The van der Waals surface area contributed by atoms with Crippen molar-refractivity contribution >= 4 is 111 Å². The van der Waals surface area contributed by atoms with Gasteiger partial charge >= 0.3 is 22.3 Å². The summed E-state index contributed by atoms with van der Waals surface area (Å²) in [6.45, 7) is 3.57. The number of hydrogen-bond donors (Lipinski definition) is 5. The fourth-order valence-corrected chi connectivity index (χ4v) is 8.76. The van der Waals surface area contributed by atoms with Crippen LogP contribution in [0, 0.1) is 34.0 Å². The molecule has 1 aliphatic heterocycles. The van der Waals surface area contributed by atoms with Gasteiger partial charge in [0.25, 0.3) is 11.8 Å². The largest absolute Gasteiger partial charge is 0.464 e. The van der Waals surface area contributed by atoms with Crippen LogP contribution in [-0.2, 0) is 83.8 Å². The molecule has 2 amide bonds. The predicted molar refractivity (Wildman–Crippen MR) is 327 cm³/mol. The van der Waals surface area contributed by atoms with Gasteiger partial charge in [-0.05, 0) is 44.2 Å². The van der Waals surface area contributed by atoms with E-state index in [0.29, 0.717) is 33.8 Å². The molecule has 0 radical (unpaired) electrons. The molecule has 4 atom stereocenters. The molecule has 11 rings (SSSR count). The number of nitrogens with one attached hydrogen (secondary N) is 1. The number of morpholine rings is 1. The van der Waals surface area contributed by atoms with E-state index >= 15 is 0 Å². The summed E-state index contributed by atoms with van der Waals surface area (Å²) in [7, 11) is 4.31. The van der Waals surface area contributed by atoms with Gasteiger partial charge in [-0.25, -0.2) is 9.59 Å². The fraction of sp³-hybridized carbons (Fsp3) is 0.271. The third-order valence-corrected chi connectivity index (χ3v) is 12.7. The van der Waals surface area contributed by atoms with Gasteiger partial charge in [0.05, 0.1) is 58.3 Å². The van der Waals surface area contributed by atoms with Crippen LogP contribution in [0.5, 0.6) is 0 Å². The van der Waals surface area contributed by atoms with Gasteiger partial charge < -0.3 is 29.2 Å². The van der Waals surface area contributed by atoms with Gasteiger partial charge in [0.2, 0.25) is 0 Å². The Kier molecular flexibility index (Phi) is 26.6. The molecule has 29 nitrogen and oxygen atoms in total. The molecule has 0 aliphatic carbocycles. The minimum Gasteiger partial charge on any atom is -0.464 e. The number of aldehydes is 1. The number of ether oxygens (including phenoxy) is 4. The maximum Gasteiger partial charge on any atom is 0.394 e. The summed E-state index contributed by atoms with van der Waals surface area (Å²) in [6.07, 6.45) is -3.51. The molecule has 31 heteroatoms. The number of esters is 2. The number of aryl methyl sites for hydroxylation is 5. The van der Waals surface area contributed by atoms with E-state index < -0.39 is 58.6 Å². The highest BCUT2D eigenvalue weighted by Gasteiger charge is 2.33. The third-order valence-electron chi connectivity index (χ3n) is 12.4. The normalized spacial score (nSPS) is 13.3. The lowest BCUT2D eigenvalue weighted by Gasteiger charge is -2.20. The number of aromatic nitrogens is 10. The summed E-state index contributed by atoms with van der Waals surface area (Å²) < 4.78 is 60.3. The lowest BCUT2D eigenvalue weighted by Crippen LogP contribution is -2.43. The molecular weight excluding hydrogens is 1260 g/mol. The van der Waals surface area contributed by atoms with Gasteiger partial charge in [-0.3, -0.25) is 52.2 Å². The third kappa shape index (κ3) is 18.7. The van der Waals surface area contributed by atoms with Crippen LogP contribution in [0.25, 0.3) is 54.5 Å². The van der Waals surface area contributed by atoms with E-state index in [1.807, 2.05) is 141 Å². The number of benzene rings is 5. The highest BCUT2D eigenvalue weighted by atomic mass is 79.9. The van der Waals surface area contributed by atoms with Crippen LogP contribution in [0.1, 0.15) is 71.5 Å². The standard InChI is InChI=1S/C14H15N3O3.C12H11N3O3.C12H14N2O3.C10H9N3O.C9H8N2O.C2H2BrN.H2O4S/c1-3-19-14(18)13(20-9-8-15)12-10-6-4-5-7-11(10)17(2)16-12;1-15-8-5-3-2-4-7(8)10(14-15)11-12(17)13-9(16)6-18-11;1-3-17-12(16)11(15)10-8-6-4-5-7-9(8)14(2)13-10;1-13-8-5-3-2-4-7(8)10(12-13)9(14)6-11;1-11-9-5-3-2-4-7(9)8(6-12)10-11;3-1-2-4;1-5(2,3)4/h4-7,13H,3,9H2,1-2H3;2-5,11H,6H2,1H3,(H,13,16,17);4-7,11,15H,3H2,1-2H3;2-5,9,14H,1H3;2-6H,1H3;1H2;(H2,1,2,3,4). The van der Waals surface area contributed by atoms with Crippen molar-refractivity contribution in [2.45, 2.75) is 38.3 Å². The molecule has 5 aromatic heterocycles. The molecule has 6 heterocycles. The molecule has 5 N–H and O–H groups in total. The molecule has 0 spiro atoms. The molecule has 5 aromatic carbocycles. The number of halogens is 1. The number of nitriles is 3. The zero-order valence-corrected chi connectivity index (χ0v) is 51.8. The lowest BCUT2D eigenvalue weighted by atomic mass is 10.1. The number of imide groups is 1. The van der Waals surface area contributed by atoms with Gasteiger partial charge in [-0.2, -0.15) is 49.7 Å². The summed E-state index contributed by atoms with van der Waals surface area (Å²) in [5.41, 5.74) is 6.84. The Balaban J connectivity index is 0.000000199. The van der Waals surface area contributed by atoms with E-state index in [9.17, 15) is 34.2 Å². The lowest BCUT2D eigenvalue weighted by molar-refractivity contribution is -0.156. The number of para-hydroxylation sites is 5. The monoisotopic (exact) mass is 1320 g/mol. The minimum atomic E-state index is -4.67. The van der Waals surface area contributed by atoms with Crippen LogP contribution >= 0.6 is 15.9 Å². The van der Waals surface area contributed by atoms with Crippen molar-refractivity contribution in [1.29, 1.82) is 15.8 Å². The summed E-state index contributed by atoms with van der Waals surface area (Å²) in [5.74, 6) is -2.09. The van der Waals surface area contributed by atoms with Crippen molar-refractivity contribution in [2.24, 2.45) is 35.2 Å². The van der Waals surface area contributed by atoms with Crippen LogP contribution in [0.3, 0.4) is 0 Å². The summed E-state index contributed by atoms with van der Waals surface area (Å²) in [5, 5.41) is 71.9. The second kappa shape index (κ2) is 33.8. The first kappa shape index (κ1) is 70.6. The Bertz CT molecular complexity index is 4380. The second-order valence-electron chi connectivity index (χ2n) is 18.4. The zero-order chi connectivity index (χ0) is 66.2. The van der Waals surface area contributed by atoms with E-state index in [0.717, 1.165) is 60.8 Å². The molecule has 0 saturated carbocycles. The number of nitrogens with zero attached hydrogens (tertiary/aromatic N) is 13. The Morgan fingerprint density at radius 2 is 1.03 bits per heavy atom.